The minimum Gasteiger partial charge on any atom is -0.480 e. The fourth-order valence-electron chi connectivity index (χ4n) is 3.49. The molecule has 30 heavy (non-hydrogen) atoms. The van der Waals surface area contributed by atoms with Crippen LogP contribution in [0.25, 0.3) is 33.1 Å². The highest BCUT2D eigenvalue weighted by atomic mass is 32.2. The molecular weight excluding hydrogens is 398 g/mol. The molecule has 0 radical (unpaired) electrons. The summed E-state index contributed by atoms with van der Waals surface area (Å²) in [4.78, 5) is 32.5. The number of fused-ring (bicyclic) bond motifs is 3. The maximum atomic E-state index is 13.0. The number of carboxylic acids is 1. The van der Waals surface area contributed by atoms with Gasteiger partial charge in [-0.05, 0) is 30.6 Å². The smallest absolute Gasteiger partial charge is 0.326 e. The van der Waals surface area contributed by atoms with Crippen LogP contribution in [-0.4, -0.2) is 45.0 Å². The summed E-state index contributed by atoms with van der Waals surface area (Å²) in [6.45, 7) is 0. The lowest BCUT2D eigenvalue weighted by molar-refractivity contribution is -0.139. The second kappa shape index (κ2) is 8.59. The Morgan fingerprint density at radius 1 is 1.10 bits per heavy atom. The maximum absolute atomic E-state index is 13.0. The quantitative estimate of drug-likeness (QED) is 0.415. The second-order valence-electron chi connectivity index (χ2n) is 6.96. The molecule has 4 aromatic rings. The first-order valence-corrected chi connectivity index (χ1v) is 11.0. The molecule has 2 heterocycles. The van der Waals surface area contributed by atoms with Gasteiger partial charge in [0.2, 0.25) is 0 Å². The monoisotopic (exact) mass is 419 g/mol. The van der Waals surface area contributed by atoms with Gasteiger partial charge in [-0.1, -0.05) is 48.5 Å². The lowest BCUT2D eigenvalue weighted by Gasteiger charge is -2.14. The number of hydrogen-bond acceptors (Lipinski definition) is 4. The van der Waals surface area contributed by atoms with Crippen LogP contribution in [0.5, 0.6) is 0 Å². The minimum atomic E-state index is -1.05. The first kappa shape index (κ1) is 20.0. The van der Waals surface area contributed by atoms with E-state index >= 15 is 0 Å². The number of nitrogens with zero attached hydrogens (tertiary/aromatic N) is 1. The molecule has 0 saturated carbocycles. The average Bonchev–Trinajstić information content (AvgIpc) is 3.15. The predicted octanol–water partition coefficient (Wildman–Crippen LogP) is 4.32. The number of aromatic amines is 1. The Hall–Kier alpha value is -3.32. The van der Waals surface area contributed by atoms with E-state index in [-0.39, 0.29) is 5.69 Å². The Bertz CT molecular complexity index is 1220. The first-order chi connectivity index (χ1) is 14.6. The van der Waals surface area contributed by atoms with Crippen molar-refractivity contribution >= 4 is 45.4 Å². The van der Waals surface area contributed by atoms with Gasteiger partial charge in [-0.3, -0.25) is 4.79 Å². The molecule has 4 rings (SSSR count). The third-order valence-corrected chi connectivity index (χ3v) is 5.63. The van der Waals surface area contributed by atoms with Crippen LogP contribution >= 0.6 is 11.8 Å². The van der Waals surface area contributed by atoms with E-state index in [1.165, 1.54) is 0 Å². The van der Waals surface area contributed by atoms with Gasteiger partial charge in [0.1, 0.15) is 11.7 Å². The van der Waals surface area contributed by atoms with Crippen LogP contribution in [0, 0.1) is 0 Å². The van der Waals surface area contributed by atoms with Crippen molar-refractivity contribution in [1.82, 2.24) is 15.3 Å². The second-order valence-corrected chi connectivity index (χ2v) is 7.95. The number of nitrogens with one attached hydrogen (secondary N) is 2. The molecule has 2 aromatic carbocycles. The Morgan fingerprint density at radius 2 is 1.83 bits per heavy atom. The van der Waals surface area contributed by atoms with Gasteiger partial charge < -0.3 is 15.4 Å². The number of carbonyl (C=O) groups is 2. The van der Waals surface area contributed by atoms with Crippen LogP contribution in [0.1, 0.15) is 16.9 Å². The van der Waals surface area contributed by atoms with Gasteiger partial charge in [-0.15, -0.1) is 0 Å². The number of H-pyrrole nitrogens is 1. The van der Waals surface area contributed by atoms with Gasteiger partial charge >= 0.3 is 5.97 Å². The van der Waals surface area contributed by atoms with Crippen LogP contribution in [-0.2, 0) is 4.79 Å². The average molecular weight is 420 g/mol. The first-order valence-electron chi connectivity index (χ1n) is 9.58. The molecule has 2 aromatic heterocycles. The fourth-order valence-corrected chi connectivity index (χ4v) is 3.96. The number of para-hydroxylation sites is 1. The molecule has 0 unspecified atom stereocenters. The van der Waals surface area contributed by atoms with Crippen molar-refractivity contribution in [2.24, 2.45) is 0 Å². The molecule has 0 bridgehead atoms. The number of amides is 1. The predicted molar refractivity (Wildman–Crippen MR) is 121 cm³/mol. The van der Waals surface area contributed by atoms with Crippen molar-refractivity contribution in [2.75, 3.05) is 12.0 Å². The van der Waals surface area contributed by atoms with Crippen LogP contribution in [0.3, 0.4) is 0 Å². The lowest BCUT2D eigenvalue weighted by Crippen LogP contribution is -2.41. The van der Waals surface area contributed by atoms with E-state index < -0.39 is 17.9 Å². The number of pyridine rings is 1. The highest BCUT2D eigenvalue weighted by molar-refractivity contribution is 7.98. The summed E-state index contributed by atoms with van der Waals surface area (Å²) in [5.74, 6) is -0.900. The number of carbonyl (C=O) groups excluding carboxylic acids is 1. The third-order valence-electron chi connectivity index (χ3n) is 4.99. The van der Waals surface area contributed by atoms with Gasteiger partial charge in [0.15, 0.2) is 0 Å². The molecule has 0 fully saturated rings. The Balaban J connectivity index is 1.83. The number of aliphatic carboxylic acids is 1. The summed E-state index contributed by atoms with van der Waals surface area (Å²) in [5.41, 5.74) is 3.52. The van der Waals surface area contributed by atoms with Crippen molar-refractivity contribution in [2.45, 2.75) is 12.5 Å². The molecule has 3 N–H and O–H groups in total. The standard InChI is InChI=1S/C23H21N3O3S/c1-30-12-11-18(23(28)29)26-22(27)19-13-16-15-9-5-6-10-17(15)24-21(16)20(25-19)14-7-3-2-4-8-14/h2-10,13,18,24H,11-12H2,1H3,(H,26,27)(H,28,29)/t18-/m0/s1. The van der Waals surface area contributed by atoms with E-state index in [0.29, 0.717) is 17.9 Å². The van der Waals surface area contributed by atoms with Crippen molar-refractivity contribution in [1.29, 1.82) is 0 Å². The molecule has 6 nitrogen and oxygen atoms in total. The van der Waals surface area contributed by atoms with Crippen molar-refractivity contribution in [3.05, 3.63) is 66.4 Å². The largest absolute Gasteiger partial charge is 0.480 e. The van der Waals surface area contributed by atoms with Gasteiger partial charge in [-0.2, -0.15) is 11.8 Å². The lowest BCUT2D eigenvalue weighted by atomic mass is 10.1. The SMILES string of the molecule is CSCC[C@H](NC(=O)c1cc2c([nH]c3ccccc32)c(-c2ccccc2)n1)C(=O)O. The molecule has 0 aliphatic carbocycles. The zero-order chi connectivity index (χ0) is 21.1. The van der Waals surface area contributed by atoms with Gasteiger partial charge in [-0.25, -0.2) is 9.78 Å². The highest BCUT2D eigenvalue weighted by Gasteiger charge is 2.23. The van der Waals surface area contributed by atoms with E-state index in [1.54, 1.807) is 17.8 Å². The van der Waals surface area contributed by atoms with Crippen molar-refractivity contribution in [3.63, 3.8) is 0 Å². The van der Waals surface area contributed by atoms with E-state index in [2.05, 4.69) is 15.3 Å². The number of hydrogen-bond donors (Lipinski definition) is 3. The molecule has 1 atom stereocenters. The molecule has 0 aliphatic heterocycles. The normalized spacial score (nSPS) is 12.2. The third kappa shape index (κ3) is 3.89. The summed E-state index contributed by atoms with van der Waals surface area (Å²) < 4.78 is 0. The van der Waals surface area contributed by atoms with Crippen molar-refractivity contribution in [3.8, 4) is 11.3 Å². The molecule has 0 saturated heterocycles. The summed E-state index contributed by atoms with van der Waals surface area (Å²) in [5, 5.41) is 13.9. The Labute approximate surface area is 177 Å². The number of rotatable bonds is 7. The zero-order valence-electron chi connectivity index (χ0n) is 16.4. The molecule has 152 valence electrons. The number of carboxylic acid groups (broad SMARTS) is 1. The molecule has 0 aliphatic rings. The van der Waals surface area contributed by atoms with Gasteiger partial charge in [0, 0.05) is 21.9 Å². The van der Waals surface area contributed by atoms with Crippen LogP contribution in [0.2, 0.25) is 0 Å². The van der Waals surface area contributed by atoms with Crippen LogP contribution in [0.4, 0.5) is 0 Å². The summed E-state index contributed by atoms with van der Waals surface area (Å²) in [6.07, 6.45) is 2.25. The molecule has 7 heteroatoms. The van der Waals surface area contributed by atoms with Crippen LogP contribution in [0.15, 0.2) is 60.7 Å². The molecule has 1 amide bonds. The van der Waals surface area contributed by atoms with E-state index in [1.807, 2.05) is 60.9 Å². The fraction of sp³-hybridized carbons (Fsp3) is 0.174. The molecular formula is C23H21N3O3S. The Morgan fingerprint density at radius 3 is 2.57 bits per heavy atom. The summed E-state index contributed by atoms with van der Waals surface area (Å²) >= 11 is 1.54. The highest BCUT2D eigenvalue weighted by Crippen LogP contribution is 2.32. The van der Waals surface area contributed by atoms with Gasteiger partial charge in [0.25, 0.3) is 5.91 Å². The number of thioether (sulfide) groups is 1. The maximum Gasteiger partial charge on any atom is 0.326 e. The van der Waals surface area contributed by atoms with E-state index in [9.17, 15) is 14.7 Å². The minimum absolute atomic E-state index is 0.196. The van der Waals surface area contributed by atoms with E-state index in [4.69, 9.17) is 0 Å². The topological polar surface area (TPSA) is 95.1 Å². The van der Waals surface area contributed by atoms with E-state index in [0.717, 1.165) is 27.4 Å². The summed E-state index contributed by atoms with van der Waals surface area (Å²) in [6, 6.07) is 18.3. The number of benzene rings is 2. The van der Waals surface area contributed by atoms with Crippen LogP contribution < -0.4 is 5.32 Å². The summed E-state index contributed by atoms with van der Waals surface area (Å²) in [7, 11) is 0. The van der Waals surface area contributed by atoms with Gasteiger partial charge in [0.05, 0.1) is 11.2 Å². The molecule has 0 spiro atoms. The Kier molecular flexibility index (Phi) is 5.72. The number of aromatic nitrogens is 2. The zero-order valence-corrected chi connectivity index (χ0v) is 17.2. The van der Waals surface area contributed by atoms with Crippen molar-refractivity contribution < 1.29 is 14.7 Å².